The van der Waals surface area contributed by atoms with Crippen molar-refractivity contribution in [3.8, 4) is 34.4 Å². The fourth-order valence-corrected chi connectivity index (χ4v) is 5.88. The van der Waals surface area contributed by atoms with E-state index >= 15 is 0 Å². The summed E-state index contributed by atoms with van der Waals surface area (Å²) in [7, 11) is 2.21. The summed E-state index contributed by atoms with van der Waals surface area (Å²) >= 11 is 1.71. The number of aromatic amines is 1. The number of halogens is 3. The molecule has 1 saturated heterocycles. The van der Waals surface area contributed by atoms with Crippen molar-refractivity contribution in [2.24, 2.45) is 0 Å². The number of fused-ring (bicyclic) bond motifs is 3. The Kier molecular flexibility index (Phi) is 9.12. The van der Waals surface area contributed by atoms with Crippen LogP contribution in [0.4, 0.5) is 13.2 Å². The van der Waals surface area contributed by atoms with E-state index in [2.05, 4.69) is 93.8 Å². The molecule has 0 unspecified atom stereocenters. The smallest absolute Gasteiger partial charge is 0.475 e. The number of aromatic nitrogens is 2. The number of H-pyrrole nitrogens is 1. The third kappa shape index (κ3) is 7.29. The maximum atomic E-state index is 10.6. The molecular formula is C32H31F3N4O2S. The van der Waals surface area contributed by atoms with Crippen LogP contribution in [0, 0.1) is 11.8 Å². The molecule has 3 heterocycles. The van der Waals surface area contributed by atoms with Crippen LogP contribution >= 0.6 is 11.3 Å². The number of carboxylic acids is 1. The van der Waals surface area contributed by atoms with Gasteiger partial charge in [0.1, 0.15) is 0 Å². The van der Waals surface area contributed by atoms with Gasteiger partial charge < -0.3 is 10.0 Å². The van der Waals surface area contributed by atoms with Gasteiger partial charge in [0.05, 0.1) is 16.3 Å². The van der Waals surface area contributed by atoms with Crippen LogP contribution in [0.2, 0.25) is 0 Å². The Morgan fingerprint density at radius 3 is 2.52 bits per heavy atom. The van der Waals surface area contributed by atoms with Crippen LogP contribution in [0.5, 0.6) is 0 Å². The molecule has 0 saturated carbocycles. The van der Waals surface area contributed by atoms with Crippen LogP contribution in [0.25, 0.3) is 22.5 Å². The second-order valence-electron chi connectivity index (χ2n) is 10.5. The summed E-state index contributed by atoms with van der Waals surface area (Å²) in [5.41, 5.74) is 10.2. The number of alkyl halides is 3. The van der Waals surface area contributed by atoms with Gasteiger partial charge in [-0.2, -0.15) is 18.3 Å². The number of nitrogens with one attached hydrogen (secondary N) is 1. The van der Waals surface area contributed by atoms with Gasteiger partial charge in [-0.1, -0.05) is 60.4 Å². The highest BCUT2D eigenvalue weighted by Crippen LogP contribution is 2.41. The molecule has 1 aliphatic carbocycles. The molecule has 10 heteroatoms. The van der Waals surface area contributed by atoms with Crippen LogP contribution in [0.15, 0.2) is 60.0 Å². The first-order valence-electron chi connectivity index (χ1n) is 13.7. The first-order valence-corrected chi connectivity index (χ1v) is 14.6. The molecule has 0 radical (unpaired) electrons. The number of hydrogen-bond acceptors (Lipinski definition) is 5. The van der Waals surface area contributed by atoms with Gasteiger partial charge in [0, 0.05) is 67.6 Å². The average molecular weight is 593 g/mol. The van der Waals surface area contributed by atoms with E-state index in [-0.39, 0.29) is 0 Å². The number of thiophene rings is 1. The minimum Gasteiger partial charge on any atom is -0.475 e. The summed E-state index contributed by atoms with van der Waals surface area (Å²) in [6, 6.07) is 19.7. The van der Waals surface area contributed by atoms with E-state index in [1.165, 1.54) is 39.1 Å². The zero-order chi connectivity index (χ0) is 29.7. The van der Waals surface area contributed by atoms with E-state index in [1.807, 2.05) is 0 Å². The van der Waals surface area contributed by atoms with Crippen LogP contribution in [0.1, 0.15) is 33.6 Å². The highest BCUT2D eigenvalue weighted by molar-refractivity contribution is 7.11. The Bertz CT molecular complexity index is 1590. The molecule has 2 N–H and O–H groups in total. The number of hydrogen-bond donors (Lipinski definition) is 2. The number of carboxylic acid groups (broad SMARTS) is 1. The Hall–Kier alpha value is -3.91. The second-order valence-corrected chi connectivity index (χ2v) is 11.4. The van der Waals surface area contributed by atoms with Crippen LogP contribution < -0.4 is 0 Å². The van der Waals surface area contributed by atoms with Crippen molar-refractivity contribution in [3.05, 3.63) is 87.1 Å². The minimum atomic E-state index is -5.08. The highest BCUT2D eigenvalue weighted by Gasteiger charge is 2.38. The molecule has 0 spiro atoms. The summed E-state index contributed by atoms with van der Waals surface area (Å²) in [6.45, 7) is 5.65. The molecule has 2 aromatic heterocycles. The predicted octanol–water partition coefficient (Wildman–Crippen LogP) is 6.07. The number of aryl methyl sites for hydroxylation is 1. The van der Waals surface area contributed by atoms with Gasteiger partial charge in [-0.25, -0.2) is 4.79 Å². The topological polar surface area (TPSA) is 72.5 Å². The van der Waals surface area contributed by atoms with Crippen molar-refractivity contribution in [1.29, 1.82) is 0 Å². The third-order valence-electron chi connectivity index (χ3n) is 7.38. The summed E-state index contributed by atoms with van der Waals surface area (Å²) < 4.78 is 31.7. The van der Waals surface area contributed by atoms with E-state index in [0.29, 0.717) is 0 Å². The van der Waals surface area contributed by atoms with Crippen molar-refractivity contribution >= 4 is 17.3 Å². The van der Waals surface area contributed by atoms with Crippen molar-refractivity contribution in [2.75, 3.05) is 33.2 Å². The maximum absolute atomic E-state index is 10.6. The van der Waals surface area contributed by atoms with Gasteiger partial charge in [-0.3, -0.25) is 10.00 Å². The Balaban J connectivity index is 0.000000451. The van der Waals surface area contributed by atoms with E-state index in [0.717, 1.165) is 62.6 Å². The van der Waals surface area contributed by atoms with Crippen molar-refractivity contribution in [3.63, 3.8) is 0 Å². The Morgan fingerprint density at radius 2 is 1.81 bits per heavy atom. The zero-order valence-electron chi connectivity index (χ0n) is 23.2. The lowest BCUT2D eigenvalue weighted by Crippen LogP contribution is -2.43. The molecule has 1 aliphatic heterocycles. The second kappa shape index (κ2) is 12.9. The molecule has 1 fully saturated rings. The van der Waals surface area contributed by atoms with Gasteiger partial charge in [-0.05, 0) is 36.2 Å². The molecule has 2 aliphatic rings. The monoisotopic (exact) mass is 592 g/mol. The van der Waals surface area contributed by atoms with Gasteiger partial charge in [0.2, 0.25) is 0 Å². The highest BCUT2D eigenvalue weighted by atomic mass is 32.1. The van der Waals surface area contributed by atoms with Crippen LogP contribution in [-0.4, -0.2) is 70.5 Å². The van der Waals surface area contributed by atoms with Crippen LogP contribution in [0.3, 0.4) is 0 Å². The lowest BCUT2D eigenvalue weighted by molar-refractivity contribution is -0.192. The fraction of sp³-hybridized carbons (Fsp3) is 0.312. The number of rotatable bonds is 5. The average Bonchev–Trinajstić information content (AvgIpc) is 3.68. The molecule has 6 nitrogen and oxygen atoms in total. The normalized spacial score (nSPS) is 14.8. The number of likely N-dealkylation sites (N-methyl/N-ethyl adjacent to an activating group) is 1. The van der Waals surface area contributed by atoms with E-state index < -0.39 is 12.1 Å². The predicted molar refractivity (Wildman–Crippen MR) is 158 cm³/mol. The summed E-state index contributed by atoms with van der Waals surface area (Å²) in [5.74, 6) is 3.94. The summed E-state index contributed by atoms with van der Waals surface area (Å²) in [6.07, 6.45) is -2.27. The molecule has 6 rings (SSSR count). The standard InChI is InChI=1S/C30H30N4S.C2HF3O2/c1-33-13-15-34(16-14-33)20-23-11-12-27-24(17-23)19-28-29(31-32-30(27)28)25-18-26(35-21-25)10-6-5-9-22-7-3-2-4-8-22;3-2(4,5)1(6)7/h2-4,7-8,11-12,17-18,21H,5,9,13-16,19-20H2,1H3,(H,31,32);(H,6,7). The fourth-order valence-electron chi connectivity index (χ4n) is 5.12. The molecule has 0 atom stereocenters. The van der Waals surface area contributed by atoms with Crippen LogP contribution in [-0.2, 0) is 24.2 Å². The van der Waals surface area contributed by atoms with Crippen molar-refractivity contribution in [2.45, 2.75) is 32.0 Å². The Labute approximate surface area is 246 Å². The van der Waals surface area contributed by atoms with E-state index in [4.69, 9.17) is 15.0 Å². The zero-order valence-corrected chi connectivity index (χ0v) is 24.0. The van der Waals surface area contributed by atoms with Crippen molar-refractivity contribution in [1.82, 2.24) is 20.0 Å². The van der Waals surface area contributed by atoms with Gasteiger partial charge in [-0.15, -0.1) is 11.3 Å². The summed E-state index contributed by atoms with van der Waals surface area (Å²) in [5, 5.41) is 17.3. The minimum absolute atomic E-state index is 0.876. The van der Waals surface area contributed by atoms with E-state index in [9.17, 15) is 13.2 Å². The number of carbonyl (C=O) groups is 1. The van der Waals surface area contributed by atoms with Gasteiger partial charge in [0.25, 0.3) is 0 Å². The molecule has 0 bridgehead atoms. The number of nitrogens with zero attached hydrogens (tertiary/aromatic N) is 3. The molecule has 42 heavy (non-hydrogen) atoms. The molecular weight excluding hydrogens is 561 g/mol. The number of aliphatic carboxylic acids is 1. The summed E-state index contributed by atoms with van der Waals surface area (Å²) in [4.78, 5) is 15.0. The number of piperazine rings is 1. The lowest BCUT2D eigenvalue weighted by atomic mass is 10.0. The first-order chi connectivity index (χ1) is 20.2. The van der Waals surface area contributed by atoms with Crippen molar-refractivity contribution < 1.29 is 23.1 Å². The molecule has 4 aromatic rings. The first kappa shape index (κ1) is 29.6. The SMILES string of the molecule is CN1CCN(Cc2ccc3c(c2)Cc2c(-c4csc(C#CCCc5ccccc5)c4)n[nH]c2-3)CC1.O=C(O)C(F)(F)F. The van der Waals surface area contributed by atoms with Gasteiger partial charge >= 0.3 is 12.1 Å². The quantitative estimate of drug-likeness (QED) is 0.242. The van der Waals surface area contributed by atoms with Gasteiger partial charge in [0.15, 0.2) is 0 Å². The maximum Gasteiger partial charge on any atom is 0.490 e. The molecule has 0 amide bonds. The third-order valence-corrected chi connectivity index (χ3v) is 8.23. The largest absolute Gasteiger partial charge is 0.490 e. The molecule has 218 valence electrons. The lowest BCUT2D eigenvalue weighted by Gasteiger charge is -2.32. The number of benzene rings is 2. The van der Waals surface area contributed by atoms with E-state index in [1.54, 1.807) is 11.3 Å². The Morgan fingerprint density at radius 1 is 1.07 bits per heavy atom. The molecule has 2 aromatic carbocycles.